The Bertz CT molecular complexity index is 1220. The van der Waals surface area contributed by atoms with Crippen LogP contribution in [0.3, 0.4) is 0 Å². The van der Waals surface area contributed by atoms with Gasteiger partial charge in [-0.25, -0.2) is 14.4 Å². The first-order valence-electron chi connectivity index (χ1n) is 10.0. The van der Waals surface area contributed by atoms with Crippen molar-refractivity contribution in [3.8, 4) is 11.1 Å². The molecule has 1 saturated carbocycles. The van der Waals surface area contributed by atoms with E-state index in [1.165, 1.54) is 6.07 Å². The topological polar surface area (TPSA) is 50.7 Å². The number of fused-ring (bicyclic) bond motifs is 1. The van der Waals surface area contributed by atoms with Gasteiger partial charge in [-0.1, -0.05) is 35.9 Å². The molecule has 1 fully saturated rings. The van der Waals surface area contributed by atoms with Gasteiger partial charge in [-0.15, -0.1) is 0 Å². The minimum atomic E-state index is -0.306. The molecule has 0 radical (unpaired) electrons. The van der Waals surface area contributed by atoms with Crippen molar-refractivity contribution in [1.82, 2.24) is 15.0 Å². The summed E-state index contributed by atoms with van der Waals surface area (Å²) in [7, 11) is 0. The third-order valence-electron chi connectivity index (χ3n) is 5.50. The summed E-state index contributed by atoms with van der Waals surface area (Å²) in [5, 5.41) is 4.78. The molecule has 0 unspecified atom stereocenters. The molecule has 0 saturated heterocycles. The van der Waals surface area contributed by atoms with Crippen molar-refractivity contribution in [1.29, 1.82) is 0 Å². The van der Waals surface area contributed by atoms with Crippen LogP contribution in [0.25, 0.3) is 22.0 Å². The summed E-state index contributed by atoms with van der Waals surface area (Å²) in [5.74, 6) is 1.13. The van der Waals surface area contributed by atoms with Crippen LogP contribution in [0.1, 0.15) is 43.1 Å². The second kappa shape index (κ2) is 7.65. The van der Waals surface area contributed by atoms with E-state index in [1.54, 1.807) is 12.3 Å². The maximum atomic E-state index is 14.7. The molecule has 2 aromatic carbocycles. The number of nitrogens with one attached hydrogen (secondary N) is 1. The fourth-order valence-corrected chi connectivity index (χ4v) is 3.86. The van der Waals surface area contributed by atoms with Gasteiger partial charge in [0.15, 0.2) is 0 Å². The number of hydrogen-bond acceptors (Lipinski definition) is 4. The highest BCUT2D eigenvalue weighted by molar-refractivity contribution is 6.34. The zero-order valence-corrected chi connectivity index (χ0v) is 17.2. The lowest BCUT2D eigenvalue weighted by molar-refractivity contribution is 0.600. The van der Waals surface area contributed by atoms with Gasteiger partial charge in [0, 0.05) is 41.0 Å². The van der Waals surface area contributed by atoms with Gasteiger partial charge in [-0.3, -0.25) is 4.98 Å². The van der Waals surface area contributed by atoms with E-state index in [-0.39, 0.29) is 11.9 Å². The Morgan fingerprint density at radius 1 is 1.00 bits per heavy atom. The van der Waals surface area contributed by atoms with Crippen LogP contribution in [-0.4, -0.2) is 15.0 Å². The second-order valence-electron chi connectivity index (χ2n) is 7.70. The van der Waals surface area contributed by atoms with E-state index >= 15 is 0 Å². The normalized spacial score (nSPS) is 14.6. The zero-order chi connectivity index (χ0) is 20.7. The van der Waals surface area contributed by atoms with Gasteiger partial charge >= 0.3 is 0 Å². The van der Waals surface area contributed by atoms with Gasteiger partial charge in [0.05, 0.1) is 22.3 Å². The minimum absolute atomic E-state index is 0.274. The van der Waals surface area contributed by atoms with Crippen molar-refractivity contribution >= 4 is 28.2 Å². The number of aromatic nitrogens is 3. The van der Waals surface area contributed by atoms with Crippen LogP contribution in [0.2, 0.25) is 5.02 Å². The van der Waals surface area contributed by atoms with Crippen LogP contribution < -0.4 is 5.32 Å². The average Bonchev–Trinajstić information content (AvgIpc) is 3.62. The fourth-order valence-electron chi connectivity index (χ4n) is 3.65. The molecule has 4 aromatic rings. The Labute approximate surface area is 179 Å². The molecule has 1 atom stereocenters. The third kappa shape index (κ3) is 3.61. The van der Waals surface area contributed by atoms with Crippen LogP contribution in [0.15, 0.2) is 61.1 Å². The Kier molecular flexibility index (Phi) is 4.83. The van der Waals surface area contributed by atoms with Crippen molar-refractivity contribution in [2.24, 2.45) is 0 Å². The highest BCUT2D eigenvalue weighted by Gasteiger charge is 2.26. The Morgan fingerprint density at radius 3 is 2.53 bits per heavy atom. The Morgan fingerprint density at radius 2 is 1.77 bits per heavy atom. The third-order valence-corrected chi connectivity index (χ3v) is 5.79. The van der Waals surface area contributed by atoms with E-state index in [9.17, 15) is 4.39 Å². The molecule has 1 aliphatic carbocycles. The van der Waals surface area contributed by atoms with Crippen LogP contribution in [-0.2, 0) is 0 Å². The van der Waals surface area contributed by atoms with Crippen molar-refractivity contribution in [2.45, 2.75) is 31.7 Å². The first-order valence-corrected chi connectivity index (χ1v) is 10.4. The lowest BCUT2D eigenvalue weighted by Crippen LogP contribution is -2.10. The molecule has 2 aromatic heterocycles. The molecule has 5 rings (SSSR count). The molecule has 2 heterocycles. The second-order valence-corrected chi connectivity index (χ2v) is 8.11. The molecular formula is C24H20ClFN4. The van der Waals surface area contributed by atoms with Crippen molar-refractivity contribution < 1.29 is 4.39 Å². The van der Waals surface area contributed by atoms with E-state index in [0.29, 0.717) is 16.5 Å². The van der Waals surface area contributed by atoms with Crippen molar-refractivity contribution in [3.05, 3.63) is 83.3 Å². The maximum Gasteiger partial charge on any atom is 0.131 e. The lowest BCUT2D eigenvalue weighted by atomic mass is 10.0. The standard InChI is InChI=1S/C24H20ClFN4/c1-14(30-23-18-4-2-3-5-22(18)27-13-20(23)25)19-10-16(8-9-21(19)26)17-11-28-24(29-12-17)15-6-7-15/h2-5,8-15H,6-7H2,1H3,(H,27,30)/t14-/m1/s1. The molecule has 150 valence electrons. The lowest BCUT2D eigenvalue weighted by Gasteiger charge is -2.19. The van der Waals surface area contributed by atoms with Crippen LogP contribution in [0.4, 0.5) is 10.1 Å². The van der Waals surface area contributed by atoms with Gasteiger partial charge in [-0.05, 0) is 43.5 Å². The summed E-state index contributed by atoms with van der Waals surface area (Å²) in [6.45, 7) is 1.92. The molecule has 0 spiro atoms. The van der Waals surface area contributed by atoms with E-state index < -0.39 is 0 Å². The SMILES string of the molecule is C[C@@H](Nc1c(Cl)cnc2ccccc12)c1cc(-c2cnc(C3CC3)nc2)ccc1F. The van der Waals surface area contributed by atoms with Gasteiger partial charge in [0.1, 0.15) is 11.6 Å². The summed E-state index contributed by atoms with van der Waals surface area (Å²) < 4.78 is 14.7. The molecule has 1 N–H and O–H groups in total. The number of anilines is 1. The zero-order valence-electron chi connectivity index (χ0n) is 16.4. The van der Waals surface area contributed by atoms with E-state index in [2.05, 4.69) is 20.3 Å². The van der Waals surface area contributed by atoms with E-state index in [0.717, 1.165) is 46.4 Å². The number of nitrogens with zero attached hydrogens (tertiary/aromatic N) is 3. The van der Waals surface area contributed by atoms with Gasteiger partial charge < -0.3 is 5.32 Å². The smallest absolute Gasteiger partial charge is 0.131 e. The predicted molar refractivity (Wildman–Crippen MR) is 118 cm³/mol. The Balaban J connectivity index is 1.47. The highest BCUT2D eigenvalue weighted by Crippen LogP contribution is 2.38. The summed E-state index contributed by atoms with van der Waals surface area (Å²) in [6.07, 6.45) is 7.58. The fraction of sp³-hybridized carbons (Fsp3) is 0.208. The number of para-hydroxylation sites is 1. The summed E-state index contributed by atoms with van der Waals surface area (Å²) in [6, 6.07) is 12.5. The largest absolute Gasteiger partial charge is 0.377 e. The quantitative estimate of drug-likeness (QED) is 0.400. The number of hydrogen-bond donors (Lipinski definition) is 1. The number of pyridine rings is 1. The summed E-state index contributed by atoms with van der Waals surface area (Å²) in [5.41, 5.74) is 3.89. The molecule has 4 nitrogen and oxygen atoms in total. The van der Waals surface area contributed by atoms with E-state index in [1.807, 2.05) is 49.6 Å². The molecule has 0 bridgehead atoms. The summed E-state index contributed by atoms with van der Waals surface area (Å²) in [4.78, 5) is 13.3. The van der Waals surface area contributed by atoms with Crippen LogP contribution in [0, 0.1) is 5.82 Å². The Hall–Kier alpha value is -3.05. The monoisotopic (exact) mass is 418 g/mol. The number of rotatable bonds is 5. The van der Waals surface area contributed by atoms with Gasteiger partial charge in [0.2, 0.25) is 0 Å². The number of benzene rings is 2. The minimum Gasteiger partial charge on any atom is -0.377 e. The molecule has 0 amide bonds. The van der Waals surface area contributed by atoms with E-state index in [4.69, 9.17) is 11.6 Å². The number of halogens is 2. The van der Waals surface area contributed by atoms with Gasteiger partial charge in [0.25, 0.3) is 0 Å². The molecule has 1 aliphatic rings. The molecule has 30 heavy (non-hydrogen) atoms. The van der Waals surface area contributed by atoms with Crippen LogP contribution in [0.5, 0.6) is 0 Å². The molecule has 6 heteroatoms. The average molecular weight is 419 g/mol. The first-order chi connectivity index (χ1) is 14.6. The first kappa shape index (κ1) is 18.9. The molecular weight excluding hydrogens is 399 g/mol. The highest BCUT2D eigenvalue weighted by atomic mass is 35.5. The van der Waals surface area contributed by atoms with Crippen molar-refractivity contribution in [3.63, 3.8) is 0 Å². The van der Waals surface area contributed by atoms with Crippen molar-refractivity contribution in [2.75, 3.05) is 5.32 Å². The molecule has 0 aliphatic heterocycles. The van der Waals surface area contributed by atoms with Gasteiger partial charge in [-0.2, -0.15) is 0 Å². The van der Waals surface area contributed by atoms with Crippen LogP contribution >= 0.6 is 11.6 Å². The maximum absolute atomic E-state index is 14.7. The summed E-state index contributed by atoms with van der Waals surface area (Å²) >= 11 is 6.41. The predicted octanol–water partition coefficient (Wildman–Crippen LogP) is 6.53.